The summed E-state index contributed by atoms with van der Waals surface area (Å²) in [5.41, 5.74) is 0.335. The van der Waals surface area contributed by atoms with Gasteiger partial charge < -0.3 is 15.2 Å². The van der Waals surface area contributed by atoms with Crippen LogP contribution in [0.5, 0.6) is 0 Å². The molecule has 0 unspecified atom stereocenters. The van der Waals surface area contributed by atoms with Crippen molar-refractivity contribution in [3.05, 3.63) is 36.1 Å². The molecular formula is C21H28N6O5S. The SMILES string of the molecule is Cc1cc(NC(=O)CN(C)CC(=O)Nc2cccc(S(=O)(=O)NC3=NCCCCC3)c2)no1. The van der Waals surface area contributed by atoms with Gasteiger partial charge >= 0.3 is 0 Å². The van der Waals surface area contributed by atoms with Crippen molar-refractivity contribution >= 4 is 39.2 Å². The highest BCUT2D eigenvalue weighted by molar-refractivity contribution is 7.90. The number of benzene rings is 1. The van der Waals surface area contributed by atoms with Crippen molar-refractivity contribution in [2.45, 2.75) is 37.5 Å². The van der Waals surface area contributed by atoms with Crippen molar-refractivity contribution < 1.29 is 22.5 Å². The summed E-state index contributed by atoms with van der Waals surface area (Å²) in [6, 6.07) is 7.58. The number of rotatable bonds is 8. The fraction of sp³-hybridized carbons (Fsp3) is 0.429. The second kappa shape index (κ2) is 11.1. The van der Waals surface area contributed by atoms with Crippen molar-refractivity contribution in [3.63, 3.8) is 0 Å². The molecule has 1 aromatic heterocycles. The van der Waals surface area contributed by atoms with Crippen molar-refractivity contribution in [3.8, 4) is 0 Å². The minimum Gasteiger partial charge on any atom is -0.360 e. The van der Waals surface area contributed by atoms with Gasteiger partial charge in [0.25, 0.3) is 10.0 Å². The van der Waals surface area contributed by atoms with Crippen LogP contribution in [-0.2, 0) is 19.6 Å². The molecule has 0 saturated carbocycles. The van der Waals surface area contributed by atoms with Crippen LogP contribution in [0.2, 0.25) is 0 Å². The molecule has 1 aliphatic rings. The molecule has 3 rings (SSSR count). The number of hydrogen-bond acceptors (Lipinski definition) is 8. The molecule has 11 nitrogen and oxygen atoms in total. The zero-order valence-corrected chi connectivity index (χ0v) is 19.4. The Morgan fingerprint density at radius 2 is 1.85 bits per heavy atom. The highest BCUT2D eigenvalue weighted by atomic mass is 32.2. The molecular weight excluding hydrogens is 448 g/mol. The normalized spacial score (nSPS) is 14.3. The third-order valence-electron chi connectivity index (χ3n) is 4.78. The average molecular weight is 477 g/mol. The Bertz CT molecular complexity index is 1130. The summed E-state index contributed by atoms with van der Waals surface area (Å²) in [4.78, 5) is 30.3. The highest BCUT2D eigenvalue weighted by Crippen LogP contribution is 2.17. The molecule has 2 heterocycles. The summed E-state index contributed by atoms with van der Waals surface area (Å²) in [6.07, 6.45) is 3.45. The van der Waals surface area contributed by atoms with Crippen LogP contribution < -0.4 is 15.4 Å². The molecule has 0 fully saturated rings. The van der Waals surface area contributed by atoms with Crippen LogP contribution in [0.3, 0.4) is 0 Å². The average Bonchev–Trinajstić information content (AvgIpc) is 2.97. The number of amidine groups is 1. The number of nitrogens with zero attached hydrogens (tertiary/aromatic N) is 3. The maximum absolute atomic E-state index is 12.7. The van der Waals surface area contributed by atoms with Gasteiger partial charge in [-0.25, -0.2) is 8.42 Å². The number of carbonyl (C=O) groups is 2. The molecule has 2 amide bonds. The first kappa shape index (κ1) is 24.4. The molecule has 0 aliphatic carbocycles. The number of aliphatic imine (C=N–C) groups is 1. The molecule has 0 atom stereocenters. The van der Waals surface area contributed by atoms with Crippen LogP contribution in [0, 0.1) is 6.92 Å². The summed E-state index contributed by atoms with van der Waals surface area (Å²) >= 11 is 0. The zero-order valence-electron chi connectivity index (χ0n) is 18.6. The van der Waals surface area contributed by atoms with Gasteiger partial charge in [-0.1, -0.05) is 17.6 Å². The predicted octanol–water partition coefficient (Wildman–Crippen LogP) is 1.74. The Hall–Kier alpha value is -3.25. The van der Waals surface area contributed by atoms with E-state index in [0.717, 1.165) is 19.3 Å². The number of nitrogens with one attached hydrogen (secondary N) is 3. The quantitative estimate of drug-likeness (QED) is 0.526. The zero-order chi connectivity index (χ0) is 23.8. The lowest BCUT2D eigenvalue weighted by Crippen LogP contribution is -2.36. The number of amides is 2. The third kappa shape index (κ3) is 7.68. The van der Waals surface area contributed by atoms with Crippen LogP contribution >= 0.6 is 0 Å². The number of anilines is 2. The monoisotopic (exact) mass is 476 g/mol. The Morgan fingerprint density at radius 1 is 1.09 bits per heavy atom. The van der Waals surface area contributed by atoms with E-state index in [-0.39, 0.29) is 23.9 Å². The van der Waals surface area contributed by atoms with Crippen LogP contribution in [0.1, 0.15) is 31.4 Å². The molecule has 0 saturated heterocycles. The fourth-order valence-electron chi connectivity index (χ4n) is 3.27. The molecule has 2 aromatic rings. The van der Waals surface area contributed by atoms with Gasteiger partial charge in [-0.05, 0) is 45.0 Å². The van der Waals surface area contributed by atoms with Crippen molar-refractivity contribution in [2.75, 3.05) is 37.3 Å². The molecule has 3 N–H and O–H groups in total. The molecule has 0 bridgehead atoms. The van der Waals surface area contributed by atoms with Crippen molar-refractivity contribution in [1.82, 2.24) is 14.8 Å². The number of hydrogen-bond donors (Lipinski definition) is 3. The Balaban J connectivity index is 1.53. The summed E-state index contributed by atoms with van der Waals surface area (Å²) in [7, 11) is -2.19. The highest BCUT2D eigenvalue weighted by Gasteiger charge is 2.18. The first-order valence-electron chi connectivity index (χ1n) is 10.6. The van der Waals surface area contributed by atoms with E-state index in [2.05, 4.69) is 25.5 Å². The van der Waals surface area contributed by atoms with E-state index >= 15 is 0 Å². The van der Waals surface area contributed by atoms with Crippen LogP contribution in [0.15, 0.2) is 44.7 Å². The van der Waals surface area contributed by atoms with Gasteiger partial charge in [0, 0.05) is 24.7 Å². The maximum atomic E-state index is 12.7. The lowest BCUT2D eigenvalue weighted by molar-refractivity contribution is -0.119. The van der Waals surface area contributed by atoms with Crippen LogP contribution in [0.25, 0.3) is 0 Å². The summed E-state index contributed by atoms with van der Waals surface area (Å²) < 4.78 is 32.9. The number of likely N-dealkylation sites (N-methyl/N-ethyl adjacent to an activating group) is 1. The molecule has 33 heavy (non-hydrogen) atoms. The second-order valence-corrected chi connectivity index (χ2v) is 9.55. The van der Waals surface area contributed by atoms with E-state index in [0.29, 0.717) is 36.1 Å². The van der Waals surface area contributed by atoms with E-state index in [9.17, 15) is 18.0 Å². The summed E-state index contributed by atoms with van der Waals surface area (Å²) in [5, 5.41) is 8.92. The lowest BCUT2D eigenvalue weighted by atomic mass is 10.2. The predicted molar refractivity (Wildman–Crippen MR) is 124 cm³/mol. The third-order valence-corrected chi connectivity index (χ3v) is 6.16. The Kier molecular flexibility index (Phi) is 8.17. The number of sulfonamides is 1. The molecule has 12 heteroatoms. The largest absolute Gasteiger partial charge is 0.360 e. The summed E-state index contributed by atoms with van der Waals surface area (Å²) in [5.74, 6) is 0.594. The maximum Gasteiger partial charge on any atom is 0.262 e. The van der Waals surface area contributed by atoms with Gasteiger partial charge in [0.15, 0.2) is 5.82 Å². The van der Waals surface area contributed by atoms with Gasteiger partial charge in [-0.15, -0.1) is 0 Å². The van der Waals surface area contributed by atoms with E-state index in [4.69, 9.17) is 4.52 Å². The first-order chi connectivity index (χ1) is 15.7. The standard InChI is InChI=1S/C21H28N6O5S/c1-15-11-19(25-32-15)24-21(29)14-27(2)13-20(28)23-16-7-6-8-17(12-16)33(30,31)26-18-9-4-3-5-10-22-18/h6-8,11-12H,3-5,9-10,13-14H2,1-2H3,(H,22,26)(H,23,28)(H,24,25,29). The van der Waals surface area contributed by atoms with Gasteiger partial charge in [0.1, 0.15) is 11.6 Å². The van der Waals surface area contributed by atoms with Gasteiger partial charge in [0.05, 0.1) is 18.0 Å². The second-order valence-electron chi connectivity index (χ2n) is 7.86. The fourth-order valence-corrected chi connectivity index (χ4v) is 4.40. The Labute approximate surface area is 192 Å². The van der Waals surface area contributed by atoms with Gasteiger partial charge in [0.2, 0.25) is 11.8 Å². The van der Waals surface area contributed by atoms with E-state index < -0.39 is 15.9 Å². The van der Waals surface area contributed by atoms with E-state index in [1.54, 1.807) is 32.2 Å². The van der Waals surface area contributed by atoms with Gasteiger partial charge in [-0.2, -0.15) is 0 Å². The van der Waals surface area contributed by atoms with Crippen molar-refractivity contribution in [1.29, 1.82) is 0 Å². The van der Waals surface area contributed by atoms with Gasteiger partial charge in [-0.3, -0.25) is 24.2 Å². The van der Waals surface area contributed by atoms with Crippen LogP contribution in [-0.4, -0.2) is 62.8 Å². The van der Waals surface area contributed by atoms with Crippen molar-refractivity contribution in [2.24, 2.45) is 4.99 Å². The molecule has 0 spiro atoms. The minimum absolute atomic E-state index is 0.0304. The van der Waals surface area contributed by atoms with Crippen LogP contribution in [0.4, 0.5) is 11.5 Å². The van der Waals surface area contributed by atoms with E-state index in [1.807, 2.05) is 0 Å². The molecule has 178 valence electrons. The first-order valence-corrected chi connectivity index (χ1v) is 12.1. The molecule has 0 radical (unpaired) electrons. The number of carbonyl (C=O) groups excluding carboxylic acids is 2. The number of aryl methyl sites for hydroxylation is 1. The lowest BCUT2D eigenvalue weighted by Gasteiger charge is -2.16. The smallest absolute Gasteiger partial charge is 0.262 e. The molecule has 1 aliphatic heterocycles. The molecule has 1 aromatic carbocycles. The van der Waals surface area contributed by atoms with E-state index in [1.165, 1.54) is 17.0 Å². The number of aromatic nitrogens is 1. The minimum atomic E-state index is -3.81. The topological polar surface area (TPSA) is 146 Å². The summed E-state index contributed by atoms with van der Waals surface area (Å²) in [6.45, 7) is 2.20. The Morgan fingerprint density at radius 3 is 2.58 bits per heavy atom.